The number of carbonyl (C=O) groups is 4. The molecule has 2 aromatic carbocycles. The Hall–Kier alpha value is -4.60. The highest BCUT2D eigenvalue weighted by Crippen LogP contribution is 2.44. The lowest BCUT2D eigenvalue weighted by atomic mass is 10.0. The quantitative estimate of drug-likeness (QED) is 0.118. The van der Waals surface area contributed by atoms with Gasteiger partial charge in [0.25, 0.3) is 0 Å². The summed E-state index contributed by atoms with van der Waals surface area (Å²) in [5.74, 6) is -11.8. The minimum Gasteiger partial charge on any atom is -0.490 e. The van der Waals surface area contributed by atoms with Crippen molar-refractivity contribution in [2.24, 2.45) is 11.8 Å². The second kappa shape index (κ2) is 14.4. The van der Waals surface area contributed by atoms with Gasteiger partial charge in [0.2, 0.25) is 23.2 Å². The number of nitrogens with zero attached hydrogens (tertiary/aromatic N) is 1. The van der Waals surface area contributed by atoms with Gasteiger partial charge in [0.15, 0.2) is 34.8 Å². The van der Waals surface area contributed by atoms with E-state index in [4.69, 9.17) is 29.2 Å². The van der Waals surface area contributed by atoms with Crippen molar-refractivity contribution in [3.63, 3.8) is 0 Å². The maximum atomic E-state index is 15.5. The van der Waals surface area contributed by atoms with E-state index >= 15 is 17.6 Å². The molecule has 1 aliphatic rings. The van der Waals surface area contributed by atoms with Crippen molar-refractivity contribution < 1.29 is 65.9 Å². The number of ketones is 1. The van der Waals surface area contributed by atoms with Crippen molar-refractivity contribution in [3.8, 4) is 23.0 Å². The Morgan fingerprint density at radius 1 is 0.787 bits per heavy atom. The fraction of sp³-hybridized carbons (Fsp3) is 0.419. The Labute approximate surface area is 269 Å². The summed E-state index contributed by atoms with van der Waals surface area (Å²) in [7, 11) is 2.19. The molecule has 0 radical (unpaired) electrons. The summed E-state index contributed by atoms with van der Waals surface area (Å²) in [6.07, 6.45) is -0.761. The summed E-state index contributed by atoms with van der Waals surface area (Å²) < 4.78 is 82.4. The van der Waals surface area contributed by atoms with Crippen molar-refractivity contribution in [2.75, 3.05) is 27.4 Å². The van der Waals surface area contributed by atoms with Crippen molar-refractivity contribution >= 4 is 45.1 Å². The third kappa shape index (κ3) is 7.06. The molecular formula is C31H31F4NO10S. The summed E-state index contributed by atoms with van der Waals surface area (Å²) in [5.41, 5.74) is -0.270. The first-order valence-electron chi connectivity index (χ1n) is 14.3. The highest BCUT2D eigenvalue weighted by Gasteiger charge is 2.35. The van der Waals surface area contributed by atoms with Crippen LogP contribution in [0.2, 0.25) is 0 Å². The Kier molecular flexibility index (Phi) is 10.8. The average Bonchev–Trinajstić information content (AvgIpc) is 3.68. The molecule has 47 heavy (non-hydrogen) atoms. The van der Waals surface area contributed by atoms with Crippen LogP contribution >= 0.6 is 11.3 Å². The van der Waals surface area contributed by atoms with Crippen LogP contribution < -0.4 is 18.9 Å². The van der Waals surface area contributed by atoms with E-state index < -0.39 is 81.7 Å². The Bertz CT molecular complexity index is 1740. The van der Waals surface area contributed by atoms with Crippen LogP contribution in [0.5, 0.6) is 23.0 Å². The Morgan fingerprint density at radius 3 is 1.81 bits per heavy atom. The zero-order chi connectivity index (χ0) is 34.7. The summed E-state index contributed by atoms with van der Waals surface area (Å²) in [6, 6.07) is 1.11. The number of benzene rings is 2. The molecule has 16 heteroatoms. The first-order chi connectivity index (χ1) is 22.2. The molecule has 0 spiro atoms. The molecule has 0 saturated heterocycles. The zero-order valence-electron chi connectivity index (χ0n) is 25.7. The maximum absolute atomic E-state index is 15.5. The number of aliphatic carboxylic acids is 2. The number of methoxy groups -OCH3 is 2. The fourth-order valence-corrected chi connectivity index (χ4v) is 5.97. The molecule has 2 atom stereocenters. The summed E-state index contributed by atoms with van der Waals surface area (Å²) in [6.45, 7) is 1.49. The number of amides is 1. The van der Waals surface area contributed by atoms with Gasteiger partial charge in [-0.3, -0.25) is 19.2 Å². The second-order valence-electron chi connectivity index (χ2n) is 10.9. The van der Waals surface area contributed by atoms with Crippen LogP contribution in [0.4, 0.5) is 17.6 Å². The van der Waals surface area contributed by atoms with E-state index in [0.29, 0.717) is 11.3 Å². The smallest absolute Gasteiger partial charge is 0.306 e. The standard InChI is InChI=1S/C31H31F4NO10S/c1-13(30(39)40)8-18(37)19-10-15-21(32)27(26(44-4)24(35)29(15)47-19)45-6-5-7-46-28-23(34)17-12-36(20(38)9-14(2)31(41)42)11-16(17)22(33)25(28)43-3/h10,13-14H,5-9,11-12H2,1-4H3,(H,39,40)(H,41,42). The van der Waals surface area contributed by atoms with Gasteiger partial charge in [-0.2, -0.15) is 0 Å². The number of Topliss-reactive ketones (excluding diaryl/α,β-unsaturated/α-hetero) is 1. The largest absolute Gasteiger partial charge is 0.490 e. The van der Waals surface area contributed by atoms with Crippen molar-refractivity contribution in [1.29, 1.82) is 0 Å². The summed E-state index contributed by atoms with van der Waals surface area (Å²) in [4.78, 5) is 48.4. The van der Waals surface area contributed by atoms with E-state index in [0.717, 1.165) is 25.2 Å². The average molecular weight is 686 g/mol. The van der Waals surface area contributed by atoms with Crippen LogP contribution in [-0.4, -0.2) is 66.2 Å². The molecule has 0 bridgehead atoms. The highest BCUT2D eigenvalue weighted by atomic mass is 32.1. The van der Waals surface area contributed by atoms with Gasteiger partial charge in [0.05, 0.1) is 48.8 Å². The number of halogens is 4. The molecule has 4 rings (SSSR count). The van der Waals surface area contributed by atoms with E-state index in [9.17, 15) is 19.2 Å². The summed E-state index contributed by atoms with van der Waals surface area (Å²) in [5, 5.41) is 17.9. The molecule has 0 fully saturated rings. The van der Waals surface area contributed by atoms with Crippen molar-refractivity contribution in [3.05, 3.63) is 45.3 Å². The van der Waals surface area contributed by atoms with E-state index in [2.05, 4.69) is 0 Å². The van der Waals surface area contributed by atoms with Crippen LogP contribution in [0, 0.1) is 35.1 Å². The number of carbonyl (C=O) groups excluding carboxylic acids is 2. The molecule has 0 saturated carbocycles. The fourth-order valence-electron chi connectivity index (χ4n) is 4.94. The first-order valence-corrected chi connectivity index (χ1v) is 15.1. The van der Waals surface area contributed by atoms with Crippen LogP contribution in [-0.2, 0) is 27.5 Å². The van der Waals surface area contributed by atoms with Crippen LogP contribution in [0.1, 0.15) is 53.9 Å². The van der Waals surface area contributed by atoms with Crippen LogP contribution in [0.25, 0.3) is 10.1 Å². The first kappa shape index (κ1) is 35.3. The monoisotopic (exact) mass is 685 g/mol. The number of thiophene rings is 1. The number of ether oxygens (including phenoxy) is 4. The molecule has 1 aromatic heterocycles. The maximum Gasteiger partial charge on any atom is 0.306 e. The van der Waals surface area contributed by atoms with Gasteiger partial charge in [0.1, 0.15) is 0 Å². The van der Waals surface area contributed by atoms with Gasteiger partial charge in [-0.25, -0.2) is 17.6 Å². The van der Waals surface area contributed by atoms with Crippen LogP contribution in [0.3, 0.4) is 0 Å². The van der Waals surface area contributed by atoms with E-state index in [-0.39, 0.29) is 71.7 Å². The molecule has 254 valence electrons. The number of fused-ring (bicyclic) bond motifs is 2. The normalized spacial score (nSPS) is 13.7. The van der Waals surface area contributed by atoms with Gasteiger partial charge in [-0.05, 0) is 6.07 Å². The van der Waals surface area contributed by atoms with Crippen molar-refractivity contribution in [1.82, 2.24) is 4.90 Å². The minimum absolute atomic E-state index is 0.0400. The minimum atomic E-state index is -1.19. The Balaban J connectivity index is 1.46. The van der Waals surface area contributed by atoms with Gasteiger partial charge in [-0.1, -0.05) is 13.8 Å². The molecule has 1 aliphatic heterocycles. The Morgan fingerprint density at radius 2 is 1.28 bits per heavy atom. The SMILES string of the molecule is COc1c(F)c2c(c(F)c1OCCCOc1c(OC)c(F)c3sc(C(=O)CC(C)C(=O)O)cc3c1F)CN(C(=O)CC(C)C(=O)O)C2. The molecular weight excluding hydrogens is 654 g/mol. The highest BCUT2D eigenvalue weighted by molar-refractivity contribution is 7.20. The lowest BCUT2D eigenvalue weighted by molar-refractivity contribution is -0.145. The molecule has 2 N–H and O–H groups in total. The van der Waals surface area contributed by atoms with E-state index in [1.807, 2.05) is 0 Å². The van der Waals surface area contributed by atoms with Gasteiger partial charge in [0, 0.05) is 48.9 Å². The molecule has 1 amide bonds. The predicted octanol–water partition coefficient (Wildman–Crippen LogP) is 5.57. The second-order valence-corrected chi connectivity index (χ2v) is 12.0. The zero-order valence-corrected chi connectivity index (χ0v) is 26.5. The number of hydrogen-bond acceptors (Lipinski definition) is 9. The number of hydrogen-bond donors (Lipinski definition) is 2. The summed E-state index contributed by atoms with van der Waals surface area (Å²) >= 11 is 0.651. The number of carboxylic acid groups (broad SMARTS) is 2. The molecule has 3 aromatic rings. The lowest BCUT2D eigenvalue weighted by Crippen LogP contribution is -2.28. The van der Waals surface area contributed by atoms with Gasteiger partial charge in [-0.15, -0.1) is 11.3 Å². The molecule has 11 nitrogen and oxygen atoms in total. The van der Waals surface area contributed by atoms with Gasteiger partial charge >= 0.3 is 11.9 Å². The molecule has 2 unspecified atom stereocenters. The van der Waals surface area contributed by atoms with Crippen molar-refractivity contribution in [2.45, 2.75) is 46.2 Å². The third-order valence-corrected chi connectivity index (χ3v) is 8.77. The van der Waals surface area contributed by atoms with E-state index in [1.165, 1.54) is 13.8 Å². The van der Waals surface area contributed by atoms with Crippen LogP contribution in [0.15, 0.2) is 6.07 Å². The molecule has 0 aliphatic carbocycles. The lowest BCUT2D eigenvalue weighted by Gasteiger charge is -2.16. The number of carboxylic acids is 2. The number of rotatable bonds is 15. The third-order valence-electron chi connectivity index (χ3n) is 7.60. The topological polar surface area (TPSA) is 149 Å². The van der Waals surface area contributed by atoms with Gasteiger partial charge < -0.3 is 34.1 Å². The predicted molar refractivity (Wildman–Crippen MR) is 158 cm³/mol. The van der Waals surface area contributed by atoms with E-state index in [1.54, 1.807) is 0 Å². The molecule has 2 heterocycles.